The molecule has 0 spiro atoms. The van der Waals surface area contributed by atoms with Crippen LogP contribution in [0.5, 0.6) is 5.75 Å². The number of ether oxygens (including phenoxy) is 1. The zero-order valence-electron chi connectivity index (χ0n) is 12.5. The molecule has 4 rings (SSSR count). The number of nitrogens with zero attached hydrogens (tertiary/aromatic N) is 1. The van der Waals surface area contributed by atoms with Crippen LogP contribution in [0.3, 0.4) is 0 Å². The van der Waals surface area contributed by atoms with Gasteiger partial charge in [-0.15, -0.1) is 11.3 Å². The van der Waals surface area contributed by atoms with Gasteiger partial charge in [0.1, 0.15) is 5.75 Å². The number of benzene rings is 2. The van der Waals surface area contributed by atoms with Gasteiger partial charge in [0, 0.05) is 22.5 Å². The quantitative estimate of drug-likeness (QED) is 0.591. The Morgan fingerprint density at radius 1 is 1.18 bits per heavy atom. The van der Waals surface area contributed by atoms with Crippen LogP contribution >= 0.6 is 11.3 Å². The number of aryl methyl sites for hydroxylation is 1. The largest absolute Gasteiger partial charge is 0.497 e. The minimum absolute atomic E-state index is 0.909. The lowest BCUT2D eigenvalue weighted by Crippen LogP contribution is -1.92. The number of nitrogens with one attached hydrogen (secondary N) is 1. The van der Waals surface area contributed by atoms with Gasteiger partial charge in [-0.25, -0.2) is 4.98 Å². The summed E-state index contributed by atoms with van der Waals surface area (Å²) in [5, 5.41) is 4.40. The van der Waals surface area contributed by atoms with Crippen LogP contribution in [0.15, 0.2) is 42.5 Å². The third-order valence-corrected chi connectivity index (χ3v) is 4.97. The van der Waals surface area contributed by atoms with Gasteiger partial charge in [-0.1, -0.05) is 18.2 Å². The third kappa shape index (κ3) is 2.16. The molecule has 3 nitrogen and oxygen atoms in total. The summed E-state index contributed by atoms with van der Waals surface area (Å²) in [6.45, 7) is 2.10. The van der Waals surface area contributed by atoms with Crippen molar-refractivity contribution in [2.24, 2.45) is 0 Å². The summed E-state index contributed by atoms with van der Waals surface area (Å²) in [6.07, 6.45) is 0.939. The highest BCUT2D eigenvalue weighted by Crippen LogP contribution is 2.42. The molecule has 0 fully saturated rings. The van der Waals surface area contributed by atoms with E-state index in [0.717, 1.165) is 28.7 Å². The van der Waals surface area contributed by atoms with Crippen LogP contribution in [0.25, 0.3) is 11.3 Å². The molecular weight excluding hydrogens is 292 g/mol. The van der Waals surface area contributed by atoms with Gasteiger partial charge in [0.15, 0.2) is 5.13 Å². The van der Waals surface area contributed by atoms with Crippen molar-refractivity contribution in [1.82, 2.24) is 4.98 Å². The Bertz CT molecular complexity index is 854. The summed E-state index contributed by atoms with van der Waals surface area (Å²) in [4.78, 5) is 6.11. The summed E-state index contributed by atoms with van der Waals surface area (Å²) in [5.74, 6) is 0.909. The average molecular weight is 308 g/mol. The van der Waals surface area contributed by atoms with E-state index >= 15 is 0 Å². The van der Waals surface area contributed by atoms with E-state index in [4.69, 9.17) is 9.72 Å². The summed E-state index contributed by atoms with van der Waals surface area (Å²) in [7, 11) is 1.70. The summed E-state index contributed by atoms with van der Waals surface area (Å²) in [5.41, 5.74) is 5.98. The van der Waals surface area contributed by atoms with E-state index < -0.39 is 0 Å². The molecule has 0 unspecified atom stereocenters. The monoisotopic (exact) mass is 308 g/mol. The zero-order valence-corrected chi connectivity index (χ0v) is 13.3. The average Bonchev–Trinajstić information content (AvgIpc) is 3.05. The van der Waals surface area contributed by atoms with Crippen LogP contribution in [0.2, 0.25) is 0 Å². The lowest BCUT2D eigenvalue weighted by molar-refractivity contribution is 0.414. The van der Waals surface area contributed by atoms with E-state index in [9.17, 15) is 0 Å². The van der Waals surface area contributed by atoms with Gasteiger partial charge in [-0.2, -0.15) is 0 Å². The van der Waals surface area contributed by atoms with Gasteiger partial charge in [0.25, 0.3) is 0 Å². The molecule has 1 N–H and O–H groups in total. The molecule has 110 valence electrons. The molecule has 0 bridgehead atoms. The molecule has 0 radical (unpaired) electrons. The highest BCUT2D eigenvalue weighted by Gasteiger charge is 2.23. The maximum Gasteiger partial charge on any atom is 0.187 e. The lowest BCUT2D eigenvalue weighted by Gasteiger charge is -2.06. The number of aromatic nitrogens is 1. The van der Waals surface area contributed by atoms with Gasteiger partial charge in [-0.05, 0) is 42.3 Å². The first-order valence-electron chi connectivity index (χ1n) is 7.24. The molecule has 4 heteroatoms. The molecule has 0 aliphatic heterocycles. The van der Waals surface area contributed by atoms with Gasteiger partial charge < -0.3 is 10.1 Å². The summed E-state index contributed by atoms with van der Waals surface area (Å²) < 4.78 is 5.30. The van der Waals surface area contributed by atoms with Crippen molar-refractivity contribution < 1.29 is 4.74 Å². The van der Waals surface area contributed by atoms with Gasteiger partial charge >= 0.3 is 0 Å². The van der Waals surface area contributed by atoms with Crippen LogP contribution in [0, 0.1) is 6.92 Å². The maximum absolute atomic E-state index is 5.30. The second kappa shape index (κ2) is 5.14. The first kappa shape index (κ1) is 13.3. The molecule has 1 aliphatic rings. The first-order valence-corrected chi connectivity index (χ1v) is 8.06. The van der Waals surface area contributed by atoms with Gasteiger partial charge in [-0.3, -0.25) is 0 Å². The highest BCUT2D eigenvalue weighted by molar-refractivity contribution is 7.16. The number of thiazole rings is 1. The highest BCUT2D eigenvalue weighted by atomic mass is 32.1. The second-order valence-corrected chi connectivity index (χ2v) is 6.51. The predicted octanol–water partition coefficient (Wildman–Crippen LogP) is 4.77. The van der Waals surface area contributed by atoms with E-state index in [1.54, 1.807) is 18.4 Å². The molecule has 1 aromatic heterocycles. The minimum Gasteiger partial charge on any atom is -0.497 e. The number of hydrogen-bond donors (Lipinski definition) is 1. The Kier molecular flexibility index (Phi) is 3.12. The van der Waals surface area contributed by atoms with E-state index in [0.29, 0.717) is 0 Å². The number of hydrogen-bond acceptors (Lipinski definition) is 4. The van der Waals surface area contributed by atoms with E-state index in [1.807, 2.05) is 18.2 Å². The van der Waals surface area contributed by atoms with Crippen molar-refractivity contribution in [2.75, 3.05) is 12.4 Å². The molecule has 0 atom stereocenters. The Labute approximate surface area is 133 Å². The molecule has 1 heterocycles. The Morgan fingerprint density at radius 2 is 2.05 bits per heavy atom. The van der Waals surface area contributed by atoms with Crippen molar-refractivity contribution >= 4 is 22.2 Å². The number of fused-ring (bicyclic) bond motifs is 3. The van der Waals surface area contributed by atoms with Crippen molar-refractivity contribution in [3.63, 3.8) is 0 Å². The molecular formula is C18H16N2OS. The van der Waals surface area contributed by atoms with Crippen LogP contribution in [-0.4, -0.2) is 12.1 Å². The van der Waals surface area contributed by atoms with E-state index in [2.05, 4.69) is 36.5 Å². The smallest absolute Gasteiger partial charge is 0.187 e. The van der Waals surface area contributed by atoms with Crippen LogP contribution in [0.1, 0.15) is 16.0 Å². The fraction of sp³-hybridized carbons (Fsp3) is 0.167. The Hall–Kier alpha value is -2.33. The first-order chi connectivity index (χ1) is 10.7. The van der Waals surface area contributed by atoms with Crippen molar-refractivity contribution in [3.05, 3.63) is 58.5 Å². The molecule has 2 aromatic carbocycles. The molecule has 0 saturated carbocycles. The maximum atomic E-state index is 5.30. The molecule has 0 saturated heterocycles. The summed E-state index contributed by atoms with van der Waals surface area (Å²) >= 11 is 1.73. The summed E-state index contributed by atoms with van der Waals surface area (Å²) in [6, 6.07) is 14.5. The topological polar surface area (TPSA) is 34.1 Å². The number of anilines is 2. The van der Waals surface area contributed by atoms with Gasteiger partial charge in [0.05, 0.1) is 12.8 Å². The molecule has 0 amide bonds. The number of para-hydroxylation sites is 1. The number of rotatable bonds is 3. The van der Waals surface area contributed by atoms with Crippen LogP contribution in [0.4, 0.5) is 10.8 Å². The van der Waals surface area contributed by atoms with E-state index in [1.165, 1.54) is 21.6 Å². The minimum atomic E-state index is 0.909. The van der Waals surface area contributed by atoms with Crippen molar-refractivity contribution in [2.45, 2.75) is 13.3 Å². The SMILES string of the molecule is COc1ccc2c(c1)Cc1sc(Nc3ccccc3C)nc1-2. The molecule has 22 heavy (non-hydrogen) atoms. The van der Waals surface area contributed by atoms with Crippen molar-refractivity contribution in [1.29, 1.82) is 0 Å². The fourth-order valence-corrected chi connectivity index (χ4v) is 3.82. The van der Waals surface area contributed by atoms with Crippen LogP contribution < -0.4 is 10.1 Å². The Balaban J connectivity index is 1.67. The van der Waals surface area contributed by atoms with E-state index in [-0.39, 0.29) is 0 Å². The molecule has 3 aromatic rings. The van der Waals surface area contributed by atoms with Crippen LogP contribution in [-0.2, 0) is 6.42 Å². The second-order valence-electron chi connectivity index (χ2n) is 5.43. The molecule has 1 aliphatic carbocycles. The van der Waals surface area contributed by atoms with Crippen molar-refractivity contribution in [3.8, 4) is 17.0 Å². The fourth-order valence-electron chi connectivity index (χ4n) is 2.81. The normalized spacial score (nSPS) is 11.9. The standard InChI is InChI=1S/C18H16N2OS/c1-11-5-3-4-6-15(11)19-18-20-17-14-8-7-13(21-2)9-12(14)10-16(17)22-18/h3-9H,10H2,1-2H3,(H,19,20). The van der Waals surface area contributed by atoms with Gasteiger partial charge in [0.2, 0.25) is 0 Å². The lowest BCUT2D eigenvalue weighted by atomic mass is 10.1. The zero-order chi connectivity index (χ0) is 15.1. The third-order valence-electron chi connectivity index (χ3n) is 4.00. The number of methoxy groups -OCH3 is 1. The Morgan fingerprint density at radius 3 is 2.86 bits per heavy atom. The predicted molar refractivity (Wildman–Crippen MR) is 91.4 cm³/mol.